The van der Waals surface area contributed by atoms with Gasteiger partial charge >= 0.3 is 0 Å². The molecule has 16 heavy (non-hydrogen) atoms. The number of ketones is 1. The number of hydrogen-bond acceptors (Lipinski definition) is 3. The molecular weight excluding hydrogens is 206 g/mol. The Morgan fingerprint density at radius 3 is 3.00 bits per heavy atom. The molecule has 1 amide bonds. The molecule has 0 radical (unpaired) electrons. The summed E-state index contributed by atoms with van der Waals surface area (Å²) >= 11 is 0. The number of Topliss-reactive ketones (excluding diaryl/α,β-unsaturated/α-hetero) is 1. The Bertz CT molecular complexity index is 428. The number of ether oxygens (including phenoxy) is 1. The van der Waals surface area contributed by atoms with Crippen molar-refractivity contribution in [2.45, 2.75) is 19.4 Å². The molecule has 1 aromatic rings. The molecular formula is C12H13NO3. The summed E-state index contributed by atoms with van der Waals surface area (Å²) in [7, 11) is 0. The molecule has 0 fully saturated rings. The van der Waals surface area contributed by atoms with E-state index in [0.717, 1.165) is 0 Å². The minimum atomic E-state index is -0.258. The van der Waals surface area contributed by atoms with Crippen LogP contribution < -0.4 is 10.1 Å². The van der Waals surface area contributed by atoms with Crippen LogP contribution in [-0.2, 0) is 4.79 Å². The highest BCUT2D eigenvalue weighted by Gasteiger charge is 2.25. The molecule has 0 saturated heterocycles. The van der Waals surface area contributed by atoms with Gasteiger partial charge < -0.3 is 10.1 Å². The van der Waals surface area contributed by atoms with Crippen molar-refractivity contribution in [1.82, 2.24) is 5.32 Å². The fraction of sp³-hybridized carbons (Fsp3) is 0.333. The molecule has 4 nitrogen and oxygen atoms in total. The number of amides is 1. The Kier molecular flexibility index (Phi) is 2.90. The van der Waals surface area contributed by atoms with E-state index >= 15 is 0 Å². The molecule has 4 heteroatoms. The molecule has 1 N–H and O–H groups in total. The number of hydrogen-bond donors (Lipinski definition) is 1. The largest absolute Gasteiger partial charge is 0.487 e. The Morgan fingerprint density at radius 1 is 1.50 bits per heavy atom. The molecule has 0 unspecified atom stereocenters. The van der Waals surface area contributed by atoms with E-state index in [0.29, 0.717) is 24.3 Å². The van der Waals surface area contributed by atoms with Crippen LogP contribution in [0, 0.1) is 0 Å². The summed E-state index contributed by atoms with van der Waals surface area (Å²) in [6.45, 7) is 1.81. The van der Waals surface area contributed by atoms with Crippen molar-refractivity contribution in [2.24, 2.45) is 0 Å². The topological polar surface area (TPSA) is 55.4 Å². The van der Waals surface area contributed by atoms with E-state index < -0.39 is 0 Å². The van der Waals surface area contributed by atoms with Gasteiger partial charge in [-0.15, -0.1) is 0 Å². The van der Waals surface area contributed by atoms with Crippen molar-refractivity contribution >= 4 is 11.7 Å². The molecule has 0 bridgehead atoms. The molecule has 0 spiro atoms. The minimum absolute atomic E-state index is 0.0669. The number of carbonyl (C=O) groups excluding carboxylic acids is 2. The first-order chi connectivity index (χ1) is 7.66. The number of carbonyl (C=O) groups is 2. The van der Waals surface area contributed by atoms with Crippen LogP contribution in [0.1, 0.15) is 23.7 Å². The van der Waals surface area contributed by atoms with E-state index in [1.807, 2.05) is 12.1 Å². The summed E-state index contributed by atoms with van der Waals surface area (Å²) in [4.78, 5) is 22.5. The van der Waals surface area contributed by atoms with Crippen LogP contribution in [0.2, 0.25) is 0 Å². The molecule has 1 aromatic carbocycles. The van der Waals surface area contributed by atoms with E-state index in [2.05, 4.69) is 5.32 Å². The third-order valence-electron chi connectivity index (χ3n) is 2.47. The number of rotatable bonds is 2. The van der Waals surface area contributed by atoms with Crippen LogP contribution in [0.5, 0.6) is 5.75 Å². The Balaban J connectivity index is 2.09. The fourth-order valence-electron chi connectivity index (χ4n) is 1.71. The maximum Gasteiger partial charge on any atom is 0.217 e. The van der Waals surface area contributed by atoms with Crippen LogP contribution in [0.15, 0.2) is 24.3 Å². The first kappa shape index (κ1) is 10.7. The molecule has 0 aromatic heterocycles. The maximum atomic E-state index is 11.7. The van der Waals surface area contributed by atoms with Gasteiger partial charge in [0.05, 0.1) is 12.1 Å². The normalized spacial score (nSPS) is 18.6. The Hall–Kier alpha value is -1.84. The first-order valence-electron chi connectivity index (χ1n) is 5.20. The second kappa shape index (κ2) is 4.35. The van der Waals surface area contributed by atoms with Crippen molar-refractivity contribution in [2.75, 3.05) is 6.54 Å². The molecule has 1 aliphatic rings. The minimum Gasteiger partial charge on any atom is -0.487 e. The summed E-state index contributed by atoms with van der Waals surface area (Å²) in [5.74, 6) is 0.557. The van der Waals surface area contributed by atoms with E-state index in [-0.39, 0.29) is 17.8 Å². The fourth-order valence-corrected chi connectivity index (χ4v) is 1.71. The Labute approximate surface area is 93.6 Å². The standard InChI is InChI=1S/C12H13NO3/c1-8(14)13-7-9-6-11(15)10-4-2-3-5-12(10)16-9/h2-5,9H,6-7H2,1H3,(H,13,14)/t9-/m1/s1. The number of para-hydroxylation sites is 1. The van der Waals surface area contributed by atoms with Crippen LogP contribution in [0.3, 0.4) is 0 Å². The van der Waals surface area contributed by atoms with Gasteiger partial charge in [0.1, 0.15) is 11.9 Å². The zero-order valence-electron chi connectivity index (χ0n) is 9.03. The number of benzene rings is 1. The van der Waals surface area contributed by atoms with E-state index in [1.54, 1.807) is 12.1 Å². The van der Waals surface area contributed by atoms with Crippen LogP contribution >= 0.6 is 0 Å². The van der Waals surface area contributed by atoms with E-state index in [4.69, 9.17) is 4.74 Å². The van der Waals surface area contributed by atoms with Gasteiger partial charge in [0.2, 0.25) is 5.91 Å². The van der Waals surface area contributed by atoms with Crippen molar-refractivity contribution in [3.8, 4) is 5.75 Å². The van der Waals surface area contributed by atoms with E-state index in [1.165, 1.54) is 6.92 Å². The van der Waals surface area contributed by atoms with Crippen molar-refractivity contribution < 1.29 is 14.3 Å². The van der Waals surface area contributed by atoms with E-state index in [9.17, 15) is 9.59 Å². The summed E-state index contributed by atoms with van der Waals surface area (Å²) in [5.41, 5.74) is 0.626. The lowest BCUT2D eigenvalue weighted by Crippen LogP contribution is -2.38. The third kappa shape index (κ3) is 2.21. The molecule has 1 heterocycles. The van der Waals surface area contributed by atoms with Crippen LogP contribution in [0.4, 0.5) is 0 Å². The maximum absolute atomic E-state index is 11.7. The molecule has 84 valence electrons. The SMILES string of the molecule is CC(=O)NC[C@H]1CC(=O)c2ccccc2O1. The lowest BCUT2D eigenvalue weighted by atomic mass is 10.0. The highest BCUT2D eigenvalue weighted by atomic mass is 16.5. The average molecular weight is 219 g/mol. The van der Waals surface area contributed by atoms with Crippen molar-refractivity contribution in [3.63, 3.8) is 0 Å². The predicted molar refractivity (Wildman–Crippen MR) is 58.5 cm³/mol. The van der Waals surface area contributed by atoms with Crippen LogP contribution in [-0.4, -0.2) is 24.3 Å². The average Bonchev–Trinajstić information content (AvgIpc) is 2.26. The highest BCUT2D eigenvalue weighted by molar-refractivity contribution is 5.99. The lowest BCUT2D eigenvalue weighted by Gasteiger charge is -2.25. The summed E-state index contributed by atoms with van der Waals surface area (Å²) in [6, 6.07) is 7.17. The second-order valence-electron chi connectivity index (χ2n) is 3.80. The third-order valence-corrected chi connectivity index (χ3v) is 2.47. The predicted octanol–water partition coefficient (Wildman–Crippen LogP) is 1.16. The zero-order valence-corrected chi connectivity index (χ0v) is 9.03. The first-order valence-corrected chi connectivity index (χ1v) is 5.20. The van der Waals surface area contributed by atoms with Crippen LogP contribution in [0.25, 0.3) is 0 Å². The van der Waals surface area contributed by atoms with Gasteiger partial charge in [-0.05, 0) is 12.1 Å². The monoisotopic (exact) mass is 219 g/mol. The van der Waals surface area contributed by atoms with Gasteiger partial charge in [-0.3, -0.25) is 9.59 Å². The molecule has 0 saturated carbocycles. The molecule has 0 aliphatic carbocycles. The highest BCUT2D eigenvalue weighted by Crippen LogP contribution is 2.26. The summed E-state index contributed by atoms with van der Waals surface area (Å²) < 4.78 is 5.62. The number of fused-ring (bicyclic) bond motifs is 1. The van der Waals surface area contributed by atoms with Gasteiger partial charge in [-0.1, -0.05) is 12.1 Å². The molecule has 1 atom stereocenters. The second-order valence-corrected chi connectivity index (χ2v) is 3.80. The quantitative estimate of drug-likeness (QED) is 0.812. The summed E-state index contributed by atoms with van der Waals surface area (Å²) in [6.07, 6.45) is 0.0587. The van der Waals surface area contributed by atoms with Gasteiger partial charge in [-0.25, -0.2) is 0 Å². The van der Waals surface area contributed by atoms with Gasteiger partial charge in [0, 0.05) is 13.3 Å². The lowest BCUT2D eigenvalue weighted by molar-refractivity contribution is -0.119. The van der Waals surface area contributed by atoms with Gasteiger partial charge in [0.15, 0.2) is 5.78 Å². The van der Waals surface area contributed by atoms with Gasteiger partial charge in [-0.2, -0.15) is 0 Å². The molecule has 1 aliphatic heterocycles. The Morgan fingerprint density at radius 2 is 2.25 bits per heavy atom. The smallest absolute Gasteiger partial charge is 0.217 e. The summed E-state index contributed by atoms with van der Waals surface area (Å²) in [5, 5.41) is 2.65. The molecule has 2 rings (SSSR count). The van der Waals surface area contributed by atoms with Crippen molar-refractivity contribution in [1.29, 1.82) is 0 Å². The van der Waals surface area contributed by atoms with Gasteiger partial charge in [0.25, 0.3) is 0 Å². The zero-order chi connectivity index (χ0) is 11.5. The van der Waals surface area contributed by atoms with Crippen molar-refractivity contribution in [3.05, 3.63) is 29.8 Å². The number of nitrogens with one attached hydrogen (secondary N) is 1.